The fourth-order valence-corrected chi connectivity index (χ4v) is 2.75. The van der Waals surface area contributed by atoms with E-state index in [1.807, 2.05) is 39.0 Å². The molecule has 136 valence electrons. The molecule has 1 aromatic heterocycles. The zero-order chi connectivity index (χ0) is 19.4. The number of nitriles is 1. The highest BCUT2D eigenvalue weighted by molar-refractivity contribution is 6.01. The molecule has 0 aliphatic heterocycles. The summed E-state index contributed by atoms with van der Waals surface area (Å²) in [6.07, 6.45) is 0. The molecular weight excluding hydrogens is 332 g/mol. The lowest BCUT2D eigenvalue weighted by Crippen LogP contribution is -2.29. The van der Waals surface area contributed by atoms with Crippen molar-refractivity contribution in [2.45, 2.75) is 34.2 Å². The molecule has 0 amide bonds. The van der Waals surface area contributed by atoms with E-state index in [-0.39, 0.29) is 35.8 Å². The number of aromatic hydroxyl groups is 1. The molecule has 0 radical (unpaired) electrons. The van der Waals surface area contributed by atoms with E-state index in [1.165, 1.54) is 6.92 Å². The summed E-state index contributed by atoms with van der Waals surface area (Å²) in [7, 11) is 0. The monoisotopic (exact) mass is 354 g/mol. The third kappa shape index (κ3) is 3.94. The lowest BCUT2D eigenvalue weighted by molar-refractivity contribution is 0.0916. The van der Waals surface area contributed by atoms with E-state index in [0.29, 0.717) is 5.75 Å². The number of Topliss-reactive ketones (excluding diaryl/α,β-unsaturated/α-hetero) is 1. The Labute approximate surface area is 152 Å². The fourth-order valence-electron chi connectivity index (χ4n) is 2.75. The highest BCUT2D eigenvalue weighted by atomic mass is 16.5. The van der Waals surface area contributed by atoms with Gasteiger partial charge in [-0.1, -0.05) is 26.0 Å². The van der Waals surface area contributed by atoms with Gasteiger partial charge >= 0.3 is 0 Å². The van der Waals surface area contributed by atoms with Crippen molar-refractivity contribution in [3.8, 4) is 17.7 Å². The van der Waals surface area contributed by atoms with E-state index in [1.54, 1.807) is 12.1 Å². The maximum Gasteiger partial charge on any atom is 0.271 e. The van der Waals surface area contributed by atoms with Gasteiger partial charge in [-0.15, -0.1) is 0 Å². The zero-order valence-electron chi connectivity index (χ0n) is 15.4. The first-order valence-electron chi connectivity index (χ1n) is 8.35. The average Bonchev–Trinajstić information content (AvgIpc) is 2.57. The lowest BCUT2D eigenvalue weighted by Gasteiger charge is -2.17. The van der Waals surface area contributed by atoms with Crippen molar-refractivity contribution in [2.24, 2.45) is 5.92 Å². The first-order chi connectivity index (χ1) is 12.3. The first-order valence-corrected chi connectivity index (χ1v) is 8.35. The van der Waals surface area contributed by atoms with Crippen molar-refractivity contribution in [2.75, 3.05) is 6.61 Å². The molecule has 0 fully saturated rings. The molecule has 0 unspecified atom stereocenters. The van der Waals surface area contributed by atoms with E-state index in [2.05, 4.69) is 0 Å². The predicted octanol–water partition coefficient (Wildman–Crippen LogP) is 2.96. The first kappa shape index (κ1) is 19.3. The Morgan fingerprint density at radius 3 is 2.62 bits per heavy atom. The highest BCUT2D eigenvalue weighted by Gasteiger charge is 2.24. The number of hydrogen-bond donors (Lipinski definition) is 1. The van der Waals surface area contributed by atoms with Crippen molar-refractivity contribution >= 4 is 5.78 Å². The molecule has 2 aromatic rings. The summed E-state index contributed by atoms with van der Waals surface area (Å²) in [5, 5.41) is 19.8. The molecule has 0 saturated heterocycles. The van der Waals surface area contributed by atoms with Gasteiger partial charge in [0.25, 0.3) is 5.56 Å². The molecule has 0 spiro atoms. The van der Waals surface area contributed by atoms with Crippen LogP contribution in [0.15, 0.2) is 29.1 Å². The number of benzene rings is 1. The zero-order valence-corrected chi connectivity index (χ0v) is 15.4. The van der Waals surface area contributed by atoms with Crippen LogP contribution in [0.3, 0.4) is 0 Å². The second-order valence-corrected chi connectivity index (χ2v) is 6.65. The third-order valence-corrected chi connectivity index (χ3v) is 3.99. The lowest BCUT2D eigenvalue weighted by atomic mass is 10.0. The Morgan fingerprint density at radius 2 is 2.04 bits per heavy atom. The minimum atomic E-state index is -0.590. The van der Waals surface area contributed by atoms with Crippen molar-refractivity contribution in [1.82, 2.24) is 4.57 Å². The molecule has 0 aliphatic rings. The molecule has 0 atom stereocenters. The summed E-state index contributed by atoms with van der Waals surface area (Å²) in [5.74, 6) is -0.320. The normalized spacial score (nSPS) is 10.6. The smallest absolute Gasteiger partial charge is 0.271 e. The Hall–Kier alpha value is -3.07. The van der Waals surface area contributed by atoms with Gasteiger partial charge < -0.3 is 9.84 Å². The van der Waals surface area contributed by atoms with Crippen molar-refractivity contribution < 1.29 is 14.6 Å². The van der Waals surface area contributed by atoms with Gasteiger partial charge in [0.15, 0.2) is 6.61 Å². The summed E-state index contributed by atoms with van der Waals surface area (Å²) in [6, 6.07) is 9.09. The standard InChI is InChI=1S/C20H22N2O4/c1-12(2)10-22-19(24)16(9-21)14(4)18(20(22)25)17(23)11-26-15-7-5-6-13(3)8-15/h5-8,12,25H,10-11H2,1-4H3. The van der Waals surface area contributed by atoms with Gasteiger partial charge in [-0.05, 0) is 43.0 Å². The molecular formula is C20H22N2O4. The molecule has 1 N–H and O–H groups in total. The van der Waals surface area contributed by atoms with Gasteiger partial charge in [0.05, 0.1) is 5.56 Å². The minimum Gasteiger partial charge on any atom is -0.494 e. The second-order valence-electron chi connectivity index (χ2n) is 6.65. The van der Waals surface area contributed by atoms with Crippen LogP contribution in [0.25, 0.3) is 0 Å². The van der Waals surface area contributed by atoms with E-state index in [0.717, 1.165) is 10.1 Å². The Balaban J connectivity index is 2.42. The summed E-state index contributed by atoms with van der Waals surface area (Å²) in [6.45, 7) is 7.05. The Kier molecular flexibility index (Phi) is 5.83. The molecule has 6 heteroatoms. The third-order valence-electron chi connectivity index (χ3n) is 3.99. The molecule has 6 nitrogen and oxygen atoms in total. The number of ketones is 1. The Bertz CT molecular complexity index is 936. The van der Waals surface area contributed by atoms with Crippen LogP contribution in [0.2, 0.25) is 0 Å². The number of carbonyl (C=O) groups excluding carboxylic acids is 1. The number of nitrogens with zero attached hydrogens (tertiary/aromatic N) is 2. The van der Waals surface area contributed by atoms with Gasteiger partial charge in [-0.3, -0.25) is 14.2 Å². The van der Waals surface area contributed by atoms with Crippen LogP contribution < -0.4 is 10.3 Å². The van der Waals surface area contributed by atoms with Gasteiger partial charge in [-0.2, -0.15) is 5.26 Å². The van der Waals surface area contributed by atoms with Crippen LogP contribution in [0.5, 0.6) is 11.6 Å². The van der Waals surface area contributed by atoms with Crippen LogP contribution in [-0.4, -0.2) is 22.1 Å². The molecule has 0 bridgehead atoms. The number of aromatic nitrogens is 1. The number of hydrogen-bond acceptors (Lipinski definition) is 5. The molecule has 1 aromatic carbocycles. The van der Waals surface area contributed by atoms with E-state index >= 15 is 0 Å². The SMILES string of the molecule is Cc1cccc(OCC(=O)c2c(C)c(C#N)c(=O)n(CC(C)C)c2O)c1. The van der Waals surface area contributed by atoms with Crippen LogP contribution >= 0.6 is 0 Å². The molecule has 0 aliphatic carbocycles. The van der Waals surface area contributed by atoms with Gasteiger partial charge in [-0.25, -0.2) is 0 Å². The van der Waals surface area contributed by atoms with Crippen molar-refractivity contribution in [1.29, 1.82) is 5.26 Å². The summed E-state index contributed by atoms with van der Waals surface area (Å²) >= 11 is 0. The van der Waals surface area contributed by atoms with Gasteiger partial charge in [0, 0.05) is 6.54 Å². The topological polar surface area (TPSA) is 92.3 Å². The van der Waals surface area contributed by atoms with E-state index in [4.69, 9.17) is 4.74 Å². The molecule has 0 saturated carbocycles. The molecule has 2 rings (SSSR count). The van der Waals surface area contributed by atoms with Crippen LogP contribution in [0.4, 0.5) is 0 Å². The van der Waals surface area contributed by atoms with Crippen LogP contribution in [-0.2, 0) is 6.54 Å². The number of ether oxygens (including phenoxy) is 1. The summed E-state index contributed by atoms with van der Waals surface area (Å²) in [5.41, 5.74) is 0.392. The maximum absolute atomic E-state index is 12.7. The highest BCUT2D eigenvalue weighted by Crippen LogP contribution is 2.23. The van der Waals surface area contributed by atoms with Crippen molar-refractivity contribution in [3.05, 3.63) is 56.9 Å². The molecule has 26 heavy (non-hydrogen) atoms. The average molecular weight is 354 g/mol. The Morgan fingerprint density at radius 1 is 1.35 bits per heavy atom. The second kappa shape index (κ2) is 7.87. The predicted molar refractivity (Wildman–Crippen MR) is 97.7 cm³/mol. The van der Waals surface area contributed by atoms with Crippen molar-refractivity contribution in [3.63, 3.8) is 0 Å². The van der Waals surface area contributed by atoms with Crippen LogP contribution in [0.1, 0.15) is 40.9 Å². The number of rotatable bonds is 6. The van der Waals surface area contributed by atoms with Crippen LogP contribution in [0, 0.1) is 31.1 Å². The van der Waals surface area contributed by atoms with Gasteiger partial charge in [0.2, 0.25) is 11.7 Å². The maximum atomic E-state index is 12.7. The van der Waals surface area contributed by atoms with Gasteiger partial charge in [0.1, 0.15) is 17.4 Å². The quantitative estimate of drug-likeness (QED) is 0.805. The molecule has 1 heterocycles. The number of carbonyl (C=O) groups is 1. The fraction of sp³-hybridized carbons (Fsp3) is 0.350. The number of pyridine rings is 1. The largest absolute Gasteiger partial charge is 0.494 e. The summed E-state index contributed by atoms with van der Waals surface area (Å²) in [4.78, 5) is 25.1. The minimum absolute atomic E-state index is 0.0468. The number of aryl methyl sites for hydroxylation is 1. The summed E-state index contributed by atoms with van der Waals surface area (Å²) < 4.78 is 6.59. The van der Waals surface area contributed by atoms with E-state index < -0.39 is 17.2 Å². The van der Waals surface area contributed by atoms with E-state index in [9.17, 15) is 20.0 Å².